The van der Waals surface area contributed by atoms with Crippen LogP contribution < -0.4 is 10.2 Å². The summed E-state index contributed by atoms with van der Waals surface area (Å²) in [6.45, 7) is 5.39. The Morgan fingerprint density at radius 2 is 1.93 bits per heavy atom. The number of morpholine rings is 1. The summed E-state index contributed by atoms with van der Waals surface area (Å²) in [6.07, 6.45) is 0. The molecule has 1 aliphatic heterocycles. The molecule has 1 aromatic carbocycles. The van der Waals surface area contributed by atoms with Gasteiger partial charge < -0.3 is 19.4 Å². The van der Waals surface area contributed by atoms with E-state index < -0.39 is 0 Å². The summed E-state index contributed by atoms with van der Waals surface area (Å²) in [6, 6.07) is 16.0. The van der Waals surface area contributed by atoms with Gasteiger partial charge in [-0.1, -0.05) is 30.3 Å². The van der Waals surface area contributed by atoms with Gasteiger partial charge >= 0.3 is 0 Å². The van der Waals surface area contributed by atoms with Crippen molar-refractivity contribution in [2.75, 3.05) is 31.2 Å². The molecule has 1 saturated heterocycles. The molecule has 0 bridgehead atoms. The van der Waals surface area contributed by atoms with E-state index >= 15 is 0 Å². The molecule has 0 unspecified atom stereocenters. The molecule has 3 aromatic rings. The molecule has 5 nitrogen and oxygen atoms in total. The van der Waals surface area contributed by atoms with Gasteiger partial charge in [0.15, 0.2) is 0 Å². The maximum atomic E-state index is 12.7. The van der Waals surface area contributed by atoms with Crippen molar-refractivity contribution in [2.24, 2.45) is 0 Å². The lowest BCUT2D eigenvalue weighted by Crippen LogP contribution is -2.35. The van der Waals surface area contributed by atoms with E-state index in [0.29, 0.717) is 24.6 Å². The average Bonchev–Trinajstić information content (AvgIpc) is 3.34. The standard InChI is InChI=1S/C21H22N2O3S/c1-15-7-8-17(26-15)14-22-20(24)19-13-18(16-5-3-2-4-6-16)21(27-19)23-9-11-25-12-10-23/h2-8,13H,9-12,14H2,1H3,(H,22,24). The predicted molar refractivity (Wildman–Crippen MR) is 107 cm³/mol. The summed E-state index contributed by atoms with van der Waals surface area (Å²) < 4.78 is 11.0. The van der Waals surface area contributed by atoms with E-state index in [1.54, 1.807) is 0 Å². The van der Waals surface area contributed by atoms with Gasteiger partial charge in [0.05, 0.1) is 29.6 Å². The number of amides is 1. The highest BCUT2D eigenvalue weighted by Crippen LogP contribution is 2.39. The number of aryl methyl sites for hydroxylation is 1. The van der Waals surface area contributed by atoms with Gasteiger partial charge in [0, 0.05) is 18.7 Å². The summed E-state index contributed by atoms with van der Waals surface area (Å²) in [5.74, 6) is 1.52. The first-order chi connectivity index (χ1) is 13.2. The van der Waals surface area contributed by atoms with Crippen molar-refractivity contribution in [3.05, 3.63) is 64.9 Å². The molecule has 1 N–H and O–H groups in total. The van der Waals surface area contributed by atoms with Crippen LogP contribution in [0.25, 0.3) is 11.1 Å². The lowest BCUT2D eigenvalue weighted by molar-refractivity contribution is 0.0952. The first-order valence-electron chi connectivity index (χ1n) is 9.06. The molecule has 3 heterocycles. The molecule has 6 heteroatoms. The van der Waals surface area contributed by atoms with E-state index in [4.69, 9.17) is 9.15 Å². The SMILES string of the molecule is Cc1ccc(CNC(=O)c2cc(-c3ccccc3)c(N3CCOCC3)s2)o1. The van der Waals surface area contributed by atoms with Gasteiger partial charge in [-0.3, -0.25) is 4.79 Å². The third-order valence-corrected chi connectivity index (χ3v) is 5.73. The Kier molecular flexibility index (Phi) is 5.27. The van der Waals surface area contributed by atoms with Crippen LogP contribution in [-0.4, -0.2) is 32.2 Å². The largest absolute Gasteiger partial charge is 0.465 e. The molecular formula is C21H22N2O3S. The minimum absolute atomic E-state index is 0.0780. The molecule has 0 aliphatic carbocycles. The lowest BCUT2D eigenvalue weighted by atomic mass is 10.1. The van der Waals surface area contributed by atoms with Crippen LogP contribution in [0, 0.1) is 6.92 Å². The maximum Gasteiger partial charge on any atom is 0.261 e. The fraction of sp³-hybridized carbons (Fsp3) is 0.286. The number of nitrogens with one attached hydrogen (secondary N) is 1. The second-order valence-electron chi connectivity index (χ2n) is 6.49. The number of benzene rings is 1. The molecule has 27 heavy (non-hydrogen) atoms. The average molecular weight is 382 g/mol. The number of hydrogen-bond acceptors (Lipinski definition) is 5. The van der Waals surface area contributed by atoms with Gasteiger partial charge in [-0.2, -0.15) is 0 Å². The van der Waals surface area contributed by atoms with Crippen molar-refractivity contribution in [1.29, 1.82) is 0 Å². The fourth-order valence-corrected chi connectivity index (χ4v) is 4.30. The molecule has 2 aromatic heterocycles. The molecular weight excluding hydrogens is 360 g/mol. The zero-order valence-electron chi connectivity index (χ0n) is 15.2. The molecule has 1 amide bonds. The zero-order chi connectivity index (χ0) is 18.6. The topological polar surface area (TPSA) is 54.7 Å². The molecule has 0 atom stereocenters. The van der Waals surface area contributed by atoms with Crippen LogP contribution in [0.1, 0.15) is 21.2 Å². The van der Waals surface area contributed by atoms with Crippen molar-refractivity contribution in [3.63, 3.8) is 0 Å². The van der Waals surface area contributed by atoms with Gasteiger partial charge in [0.2, 0.25) is 0 Å². The Morgan fingerprint density at radius 1 is 1.15 bits per heavy atom. The fourth-order valence-electron chi connectivity index (χ4n) is 3.15. The third-order valence-electron chi connectivity index (χ3n) is 4.54. The van der Waals surface area contributed by atoms with Gasteiger partial charge in [0.25, 0.3) is 5.91 Å². The van der Waals surface area contributed by atoms with E-state index in [9.17, 15) is 4.79 Å². The maximum absolute atomic E-state index is 12.7. The Bertz CT molecular complexity index is 911. The molecule has 1 aliphatic rings. The van der Waals surface area contributed by atoms with Gasteiger partial charge in [-0.25, -0.2) is 0 Å². The first-order valence-corrected chi connectivity index (χ1v) is 9.88. The second kappa shape index (κ2) is 7.98. The van der Waals surface area contributed by atoms with Crippen LogP contribution in [0.3, 0.4) is 0 Å². The number of furan rings is 1. The highest BCUT2D eigenvalue weighted by molar-refractivity contribution is 7.18. The van der Waals surface area contributed by atoms with Crippen LogP contribution in [0.2, 0.25) is 0 Å². The third kappa shape index (κ3) is 4.07. The Morgan fingerprint density at radius 3 is 2.63 bits per heavy atom. The molecule has 0 spiro atoms. The molecule has 1 fully saturated rings. The number of anilines is 1. The summed E-state index contributed by atoms with van der Waals surface area (Å²) in [4.78, 5) is 15.7. The molecule has 140 valence electrons. The molecule has 0 saturated carbocycles. The van der Waals surface area contributed by atoms with Crippen molar-refractivity contribution in [1.82, 2.24) is 5.32 Å². The number of hydrogen-bond donors (Lipinski definition) is 1. The van der Waals surface area contributed by atoms with E-state index in [1.807, 2.05) is 43.3 Å². The lowest BCUT2D eigenvalue weighted by Gasteiger charge is -2.28. The number of thiophene rings is 1. The van der Waals surface area contributed by atoms with Crippen molar-refractivity contribution < 1.29 is 13.9 Å². The summed E-state index contributed by atoms with van der Waals surface area (Å²) in [5, 5.41) is 4.09. The first kappa shape index (κ1) is 17.8. The number of rotatable bonds is 5. The van der Waals surface area contributed by atoms with E-state index in [2.05, 4.69) is 22.3 Å². The number of carbonyl (C=O) groups is 1. The van der Waals surface area contributed by atoms with Crippen LogP contribution in [-0.2, 0) is 11.3 Å². The Labute approximate surface area is 162 Å². The molecule has 4 rings (SSSR count). The highest BCUT2D eigenvalue weighted by Gasteiger charge is 2.22. The Balaban J connectivity index is 1.59. The van der Waals surface area contributed by atoms with Crippen molar-refractivity contribution in [3.8, 4) is 11.1 Å². The number of ether oxygens (including phenoxy) is 1. The minimum atomic E-state index is -0.0780. The van der Waals surface area contributed by atoms with E-state index in [1.165, 1.54) is 11.3 Å². The second-order valence-corrected chi connectivity index (χ2v) is 7.52. The van der Waals surface area contributed by atoms with Crippen LogP contribution in [0.5, 0.6) is 0 Å². The Hall–Kier alpha value is -2.57. The van der Waals surface area contributed by atoms with Crippen LogP contribution >= 0.6 is 11.3 Å². The smallest absolute Gasteiger partial charge is 0.261 e. The van der Waals surface area contributed by atoms with E-state index in [0.717, 1.165) is 40.7 Å². The van der Waals surface area contributed by atoms with Crippen molar-refractivity contribution >= 4 is 22.2 Å². The highest BCUT2D eigenvalue weighted by atomic mass is 32.1. The summed E-state index contributed by atoms with van der Waals surface area (Å²) >= 11 is 1.54. The number of nitrogens with zero attached hydrogens (tertiary/aromatic N) is 1. The van der Waals surface area contributed by atoms with Gasteiger partial charge in [-0.05, 0) is 30.7 Å². The quantitative estimate of drug-likeness (QED) is 0.722. The normalized spacial score (nSPS) is 14.3. The summed E-state index contributed by atoms with van der Waals surface area (Å²) in [5.41, 5.74) is 2.22. The summed E-state index contributed by atoms with van der Waals surface area (Å²) in [7, 11) is 0. The van der Waals surface area contributed by atoms with Gasteiger partial charge in [0.1, 0.15) is 11.5 Å². The zero-order valence-corrected chi connectivity index (χ0v) is 16.1. The van der Waals surface area contributed by atoms with Crippen LogP contribution in [0.4, 0.5) is 5.00 Å². The molecule has 0 radical (unpaired) electrons. The van der Waals surface area contributed by atoms with Crippen LogP contribution in [0.15, 0.2) is 52.9 Å². The van der Waals surface area contributed by atoms with Crippen molar-refractivity contribution in [2.45, 2.75) is 13.5 Å². The number of carbonyl (C=O) groups excluding carboxylic acids is 1. The van der Waals surface area contributed by atoms with E-state index in [-0.39, 0.29) is 5.91 Å². The minimum Gasteiger partial charge on any atom is -0.465 e. The van der Waals surface area contributed by atoms with Gasteiger partial charge in [-0.15, -0.1) is 11.3 Å². The monoisotopic (exact) mass is 382 g/mol. The predicted octanol–water partition coefficient (Wildman–Crippen LogP) is 4.08.